The molecule has 4 heteroatoms. The molecular weight excluding hydrogens is 269 g/mol. The summed E-state index contributed by atoms with van der Waals surface area (Å²) >= 11 is 7.49. The van der Waals surface area contributed by atoms with Crippen molar-refractivity contribution in [3.63, 3.8) is 0 Å². The van der Waals surface area contributed by atoms with E-state index in [4.69, 9.17) is 11.6 Å². The minimum Gasteiger partial charge on any atom is -0.310 e. The van der Waals surface area contributed by atoms with Crippen LogP contribution in [0.1, 0.15) is 18.4 Å². The fourth-order valence-corrected chi connectivity index (χ4v) is 3.07. The molecule has 1 aromatic carbocycles. The second kappa shape index (κ2) is 5.00. The lowest BCUT2D eigenvalue weighted by molar-refractivity contribution is 0.623. The third-order valence-corrected chi connectivity index (χ3v) is 4.44. The maximum atomic E-state index is 14.1. The SMILES string of the molecule is Fc1cc(CNC2CC2)ccc1-c1sccc1Cl. The van der Waals surface area contributed by atoms with Gasteiger partial charge in [0.1, 0.15) is 5.82 Å². The van der Waals surface area contributed by atoms with Crippen LogP contribution in [0.25, 0.3) is 10.4 Å². The average molecular weight is 282 g/mol. The molecular formula is C14H13ClFNS. The molecule has 0 unspecified atom stereocenters. The third kappa shape index (κ3) is 2.58. The van der Waals surface area contributed by atoms with Gasteiger partial charge in [0.15, 0.2) is 0 Å². The summed E-state index contributed by atoms with van der Waals surface area (Å²) in [4.78, 5) is 0.802. The van der Waals surface area contributed by atoms with Crippen LogP contribution in [0.3, 0.4) is 0 Å². The van der Waals surface area contributed by atoms with Gasteiger partial charge in [-0.15, -0.1) is 11.3 Å². The van der Waals surface area contributed by atoms with Crippen LogP contribution in [0.5, 0.6) is 0 Å². The first-order valence-corrected chi connectivity index (χ1v) is 7.25. The number of thiophene rings is 1. The largest absolute Gasteiger partial charge is 0.310 e. The van der Waals surface area contributed by atoms with E-state index in [9.17, 15) is 4.39 Å². The first kappa shape index (κ1) is 12.2. The van der Waals surface area contributed by atoms with Gasteiger partial charge in [0.2, 0.25) is 0 Å². The van der Waals surface area contributed by atoms with Crippen LogP contribution in [0.4, 0.5) is 4.39 Å². The summed E-state index contributed by atoms with van der Waals surface area (Å²) < 4.78 is 14.1. The molecule has 0 bridgehead atoms. The number of benzene rings is 1. The summed E-state index contributed by atoms with van der Waals surface area (Å²) in [6.07, 6.45) is 2.48. The van der Waals surface area contributed by atoms with Crippen molar-refractivity contribution in [3.8, 4) is 10.4 Å². The lowest BCUT2D eigenvalue weighted by Gasteiger charge is -2.06. The van der Waals surface area contributed by atoms with Crippen LogP contribution in [0.15, 0.2) is 29.6 Å². The lowest BCUT2D eigenvalue weighted by atomic mass is 10.1. The van der Waals surface area contributed by atoms with E-state index in [1.54, 1.807) is 12.1 Å². The molecule has 3 rings (SSSR count). The van der Waals surface area contributed by atoms with Crippen molar-refractivity contribution in [1.29, 1.82) is 0 Å². The summed E-state index contributed by atoms with van der Waals surface area (Å²) in [6.45, 7) is 0.736. The van der Waals surface area contributed by atoms with E-state index in [0.717, 1.165) is 17.0 Å². The van der Waals surface area contributed by atoms with Gasteiger partial charge in [-0.1, -0.05) is 23.7 Å². The number of hydrogen-bond acceptors (Lipinski definition) is 2. The van der Waals surface area contributed by atoms with Crippen molar-refractivity contribution >= 4 is 22.9 Å². The molecule has 0 saturated heterocycles. The monoisotopic (exact) mass is 281 g/mol. The van der Waals surface area contributed by atoms with Gasteiger partial charge in [-0.3, -0.25) is 0 Å². The summed E-state index contributed by atoms with van der Waals surface area (Å²) in [5.41, 5.74) is 1.57. The zero-order chi connectivity index (χ0) is 12.5. The topological polar surface area (TPSA) is 12.0 Å². The lowest BCUT2D eigenvalue weighted by Crippen LogP contribution is -2.15. The second-order valence-electron chi connectivity index (χ2n) is 4.57. The van der Waals surface area contributed by atoms with E-state index in [2.05, 4.69) is 5.32 Å². The molecule has 18 heavy (non-hydrogen) atoms. The van der Waals surface area contributed by atoms with Crippen LogP contribution in [0.2, 0.25) is 5.02 Å². The van der Waals surface area contributed by atoms with Crippen LogP contribution >= 0.6 is 22.9 Å². The Morgan fingerprint density at radius 3 is 2.78 bits per heavy atom. The normalized spacial score (nSPS) is 15.0. The Balaban J connectivity index is 1.82. The van der Waals surface area contributed by atoms with Gasteiger partial charge >= 0.3 is 0 Å². The van der Waals surface area contributed by atoms with Crippen LogP contribution < -0.4 is 5.32 Å². The summed E-state index contributed by atoms with van der Waals surface area (Å²) in [5, 5.41) is 5.86. The van der Waals surface area contributed by atoms with E-state index in [-0.39, 0.29) is 5.82 Å². The molecule has 1 fully saturated rings. The Morgan fingerprint density at radius 1 is 1.33 bits per heavy atom. The first-order valence-electron chi connectivity index (χ1n) is 5.99. The highest BCUT2D eigenvalue weighted by molar-refractivity contribution is 7.14. The quantitative estimate of drug-likeness (QED) is 0.872. The predicted octanol–water partition coefficient (Wildman–Crippen LogP) is 4.46. The number of halogens is 2. The Hall–Kier alpha value is -0.900. The van der Waals surface area contributed by atoms with Crippen LogP contribution in [-0.2, 0) is 6.54 Å². The zero-order valence-corrected chi connectivity index (χ0v) is 11.3. The predicted molar refractivity (Wildman–Crippen MR) is 74.6 cm³/mol. The standard InChI is InChI=1S/C14H13ClFNS/c15-12-5-6-18-14(12)11-4-1-9(7-13(11)16)8-17-10-2-3-10/h1,4-7,10,17H,2-3,8H2. The fourth-order valence-electron chi connectivity index (χ4n) is 1.89. The molecule has 0 spiro atoms. The Labute approximate surface area is 115 Å². The van der Waals surface area contributed by atoms with Gasteiger partial charge in [0, 0.05) is 18.2 Å². The number of nitrogens with one attached hydrogen (secondary N) is 1. The average Bonchev–Trinajstić information content (AvgIpc) is 3.09. The highest BCUT2D eigenvalue weighted by Gasteiger charge is 2.20. The summed E-state index contributed by atoms with van der Waals surface area (Å²) in [6, 6.07) is 7.81. The number of rotatable bonds is 4. The molecule has 1 nitrogen and oxygen atoms in total. The summed E-state index contributed by atoms with van der Waals surface area (Å²) in [7, 11) is 0. The number of hydrogen-bond donors (Lipinski definition) is 1. The molecule has 0 amide bonds. The summed E-state index contributed by atoms with van der Waals surface area (Å²) in [5.74, 6) is -0.200. The molecule has 1 N–H and O–H groups in total. The van der Waals surface area contributed by atoms with Crippen molar-refractivity contribution < 1.29 is 4.39 Å². The van der Waals surface area contributed by atoms with E-state index < -0.39 is 0 Å². The Bertz CT molecular complexity index is 563. The smallest absolute Gasteiger partial charge is 0.132 e. The zero-order valence-electron chi connectivity index (χ0n) is 9.75. The highest BCUT2D eigenvalue weighted by atomic mass is 35.5. The van der Waals surface area contributed by atoms with Crippen molar-refractivity contribution in [1.82, 2.24) is 5.32 Å². The molecule has 1 aliphatic rings. The molecule has 94 valence electrons. The van der Waals surface area contributed by atoms with E-state index in [1.807, 2.05) is 17.5 Å². The van der Waals surface area contributed by atoms with E-state index >= 15 is 0 Å². The van der Waals surface area contributed by atoms with Crippen molar-refractivity contribution in [2.45, 2.75) is 25.4 Å². The van der Waals surface area contributed by atoms with Crippen LogP contribution in [0, 0.1) is 5.82 Å². The first-order chi connectivity index (χ1) is 8.74. The van der Waals surface area contributed by atoms with Crippen molar-refractivity contribution in [2.24, 2.45) is 0 Å². The molecule has 2 aromatic rings. The van der Waals surface area contributed by atoms with Gasteiger partial charge in [-0.25, -0.2) is 4.39 Å². The van der Waals surface area contributed by atoms with Gasteiger partial charge in [-0.2, -0.15) is 0 Å². The maximum Gasteiger partial charge on any atom is 0.132 e. The molecule has 0 aliphatic heterocycles. The van der Waals surface area contributed by atoms with E-state index in [0.29, 0.717) is 16.6 Å². The van der Waals surface area contributed by atoms with Crippen molar-refractivity contribution in [2.75, 3.05) is 0 Å². The fraction of sp³-hybridized carbons (Fsp3) is 0.286. The van der Waals surface area contributed by atoms with E-state index in [1.165, 1.54) is 24.2 Å². The van der Waals surface area contributed by atoms with Gasteiger partial charge < -0.3 is 5.32 Å². The van der Waals surface area contributed by atoms with Crippen molar-refractivity contribution in [3.05, 3.63) is 46.0 Å². The molecule has 0 atom stereocenters. The van der Waals surface area contributed by atoms with Gasteiger partial charge in [-0.05, 0) is 35.9 Å². The minimum atomic E-state index is -0.200. The Kier molecular flexibility index (Phi) is 3.37. The highest BCUT2D eigenvalue weighted by Crippen LogP contribution is 2.35. The molecule has 1 heterocycles. The second-order valence-corrected chi connectivity index (χ2v) is 5.89. The molecule has 0 radical (unpaired) electrons. The maximum absolute atomic E-state index is 14.1. The molecule has 1 aliphatic carbocycles. The Morgan fingerprint density at radius 2 is 2.17 bits per heavy atom. The van der Waals surface area contributed by atoms with Gasteiger partial charge in [0.05, 0.1) is 9.90 Å². The van der Waals surface area contributed by atoms with Gasteiger partial charge in [0.25, 0.3) is 0 Å². The van der Waals surface area contributed by atoms with Crippen LogP contribution in [-0.4, -0.2) is 6.04 Å². The molecule has 1 aromatic heterocycles. The molecule has 1 saturated carbocycles. The third-order valence-electron chi connectivity index (χ3n) is 3.07. The minimum absolute atomic E-state index is 0.200.